The monoisotopic (exact) mass is 426 g/mol. The summed E-state index contributed by atoms with van der Waals surface area (Å²) in [5.74, 6) is 0.417. The summed E-state index contributed by atoms with van der Waals surface area (Å²) < 4.78 is 5.63. The number of aromatic nitrogens is 7. The predicted molar refractivity (Wildman–Crippen MR) is 117 cm³/mol. The fraction of sp³-hybridized carbons (Fsp3) is 0.261. The van der Waals surface area contributed by atoms with Crippen LogP contribution in [0.5, 0.6) is 0 Å². The number of fused-ring (bicyclic) bond motifs is 2. The average Bonchev–Trinajstić information content (AvgIpc) is 3.21. The number of carbonyl (C=O) groups is 1. The Morgan fingerprint density at radius 1 is 1.16 bits per heavy atom. The third-order valence-electron chi connectivity index (χ3n) is 5.86. The number of amides is 1. The maximum atomic E-state index is 12.6. The molecular formula is C23H22N8O. The van der Waals surface area contributed by atoms with Crippen LogP contribution in [-0.4, -0.2) is 39.7 Å². The summed E-state index contributed by atoms with van der Waals surface area (Å²) in [7, 11) is 0. The maximum absolute atomic E-state index is 12.6. The Labute approximate surface area is 183 Å². The van der Waals surface area contributed by atoms with Gasteiger partial charge in [-0.3, -0.25) is 4.79 Å². The van der Waals surface area contributed by atoms with Crippen LogP contribution < -0.4 is 5.32 Å². The van der Waals surface area contributed by atoms with Gasteiger partial charge in [-0.15, -0.1) is 5.10 Å². The molecule has 1 amide bonds. The lowest BCUT2D eigenvalue weighted by atomic mass is 10.2. The minimum absolute atomic E-state index is 0.268. The van der Waals surface area contributed by atoms with Crippen molar-refractivity contribution in [3.8, 4) is 0 Å². The van der Waals surface area contributed by atoms with E-state index in [1.54, 1.807) is 17.2 Å². The van der Waals surface area contributed by atoms with E-state index in [1.165, 1.54) is 18.4 Å². The second-order valence-electron chi connectivity index (χ2n) is 8.41. The highest BCUT2D eigenvalue weighted by Gasteiger charge is 2.23. The summed E-state index contributed by atoms with van der Waals surface area (Å²) in [6.45, 7) is 2.80. The highest BCUT2D eigenvalue weighted by molar-refractivity contribution is 5.91. The SMILES string of the molecule is Cc1ccn2cnc(CNC(=O)c3cn(Cc4cn5cc(C6CC6)ccc5n4)nn3)c2c1. The molecule has 5 heterocycles. The molecule has 1 saturated carbocycles. The number of nitrogens with zero attached hydrogens (tertiary/aromatic N) is 7. The smallest absolute Gasteiger partial charge is 0.273 e. The fourth-order valence-corrected chi connectivity index (χ4v) is 3.98. The fourth-order valence-electron chi connectivity index (χ4n) is 3.98. The van der Waals surface area contributed by atoms with Crippen LogP contribution in [0, 0.1) is 6.92 Å². The molecule has 5 aromatic rings. The largest absolute Gasteiger partial charge is 0.345 e. The third kappa shape index (κ3) is 3.51. The van der Waals surface area contributed by atoms with Crippen molar-refractivity contribution < 1.29 is 4.79 Å². The van der Waals surface area contributed by atoms with Crippen molar-refractivity contribution in [2.24, 2.45) is 0 Å². The molecule has 0 unspecified atom stereocenters. The Bertz CT molecular complexity index is 1460. The molecule has 6 rings (SSSR count). The van der Waals surface area contributed by atoms with E-state index in [1.807, 2.05) is 35.9 Å². The third-order valence-corrected chi connectivity index (χ3v) is 5.86. The van der Waals surface area contributed by atoms with Crippen molar-refractivity contribution in [1.29, 1.82) is 0 Å². The summed E-state index contributed by atoms with van der Waals surface area (Å²) >= 11 is 0. The molecule has 1 fully saturated rings. The first-order chi connectivity index (χ1) is 15.6. The summed E-state index contributed by atoms with van der Waals surface area (Å²) in [6.07, 6.45) is 12.1. The normalized spacial score (nSPS) is 13.8. The molecule has 9 nitrogen and oxygen atoms in total. The number of rotatable bonds is 6. The zero-order chi connectivity index (χ0) is 21.7. The minimum Gasteiger partial charge on any atom is -0.345 e. The number of nitrogens with one attached hydrogen (secondary N) is 1. The van der Waals surface area contributed by atoms with E-state index < -0.39 is 0 Å². The van der Waals surface area contributed by atoms with Crippen molar-refractivity contribution in [3.05, 3.63) is 83.6 Å². The molecule has 160 valence electrons. The summed E-state index contributed by atoms with van der Waals surface area (Å²) in [6, 6.07) is 8.28. The molecule has 1 aliphatic carbocycles. The van der Waals surface area contributed by atoms with Crippen LogP contribution in [0.2, 0.25) is 0 Å². The van der Waals surface area contributed by atoms with Crippen LogP contribution in [0.4, 0.5) is 0 Å². The second-order valence-corrected chi connectivity index (χ2v) is 8.41. The van der Waals surface area contributed by atoms with E-state index in [0.717, 1.165) is 28.1 Å². The molecule has 0 aromatic carbocycles. The summed E-state index contributed by atoms with van der Waals surface area (Å²) in [5, 5.41) is 11.0. The van der Waals surface area contributed by atoms with Gasteiger partial charge in [0.2, 0.25) is 0 Å². The lowest BCUT2D eigenvalue weighted by Crippen LogP contribution is -2.23. The average molecular weight is 426 g/mol. The Hall–Kier alpha value is -4.01. The van der Waals surface area contributed by atoms with Gasteiger partial charge in [-0.05, 0) is 55.0 Å². The van der Waals surface area contributed by atoms with Gasteiger partial charge in [0.05, 0.1) is 42.5 Å². The molecule has 1 aliphatic rings. The van der Waals surface area contributed by atoms with Gasteiger partial charge in [0, 0.05) is 18.6 Å². The molecule has 0 spiro atoms. The lowest BCUT2D eigenvalue weighted by molar-refractivity contribution is 0.0945. The van der Waals surface area contributed by atoms with E-state index in [4.69, 9.17) is 0 Å². The molecule has 0 saturated heterocycles. The summed E-state index contributed by atoms with van der Waals surface area (Å²) in [4.78, 5) is 21.6. The molecule has 0 radical (unpaired) electrons. The lowest BCUT2D eigenvalue weighted by Gasteiger charge is -2.02. The van der Waals surface area contributed by atoms with Gasteiger partial charge in [0.15, 0.2) is 5.69 Å². The van der Waals surface area contributed by atoms with Gasteiger partial charge in [0.1, 0.15) is 5.65 Å². The van der Waals surface area contributed by atoms with E-state index in [0.29, 0.717) is 19.0 Å². The number of hydrogen-bond donors (Lipinski definition) is 1. The molecule has 0 aliphatic heterocycles. The van der Waals surface area contributed by atoms with Gasteiger partial charge in [-0.2, -0.15) is 0 Å². The number of carbonyl (C=O) groups excluding carboxylic acids is 1. The van der Waals surface area contributed by atoms with Crippen molar-refractivity contribution in [1.82, 2.24) is 39.1 Å². The van der Waals surface area contributed by atoms with Gasteiger partial charge in [-0.1, -0.05) is 11.3 Å². The molecule has 9 heteroatoms. The van der Waals surface area contributed by atoms with Crippen LogP contribution in [-0.2, 0) is 13.1 Å². The first-order valence-corrected chi connectivity index (χ1v) is 10.7. The number of pyridine rings is 2. The Kier molecular flexibility index (Phi) is 4.27. The first-order valence-electron chi connectivity index (χ1n) is 10.7. The van der Waals surface area contributed by atoms with E-state index in [9.17, 15) is 4.79 Å². The molecule has 0 bridgehead atoms. The second kappa shape index (κ2) is 7.30. The number of aryl methyl sites for hydroxylation is 1. The van der Waals surface area contributed by atoms with Gasteiger partial charge in [-0.25, -0.2) is 14.6 Å². The number of hydrogen-bond acceptors (Lipinski definition) is 5. The standard InChI is InChI=1S/C23H22N8O/c1-15-6-7-29-14-25-19(21(29)8-15)9-24-23(32)20-13-31(28-27-20)12-18-11-30-10-17(16-2-3-16)4-5-22(30)26-18/h4-8,10-11,13-14,16H,2-3,9,12H2,1H3,(H,24,32). The maximum Gasteiger partial charge on any atom is 0.273 e. The minimum atomic E-state index is -0.283. The van der Waals surface area contributed by atoms with Crippen LogP contribution in [0.3, 0.4) is 0 Å². The number of imidazole rings is 2. The first kappa shape index (κ1) is 18.7. The van der Waals surface area contributed by atoms with Crippen molar-refractivity contribution >= 4 is 17.1 Å². The van der Waals surface area contributed by atoms with Gasteiger partial charge < -0.3 is 14.1 Å². The van der Waals surface area contributed by atoms with E-state index in [-0.39, 0.29) is 11.6 Å². The predicted octanol–water partition coefficient (Wildman–Crippen LogP) is 2.74. The zero-order valence-corrected chi connectivity index (χ0v) is 17.6. The van der Waals surface area contributed by atoms with Crippen molar-refractivity contribution in [2.45, 2.75) is 38.8 Å². The molecular weight excluding hydrogens is 404 g/mol. The van der Waals surface area contributed by atoms with Crippen molar-refractivity contribution in [3.63, 3.8) is 0 Å². The molecule has 5 aromatic heterocycles. The molecule has 1 N–H and O–H groups in total. The van der Waals surface area contributed by atoms with E-state index in [2.05, 4.69) is 48.3 Å². The molecule has 32 heavy (non-hydrogen) atoms. The van der Waals surface area contributed by atoms with Crippen LogP contribution in [0.1, 0.15) is 51.8 Å². The van der Waals surface area contributed by atoms with Gasteiger partial charge >= 0.3 is 0 Å². The zero-order valence-electron chi connectivity index (χ0n) is 17.6. The van der Waals surface area contributed by atoms with E-state index >= 15 is 0 Å². The highest BCUT2D eigenvalue weighted by atomic mass is 16.2. The summed E-state index contributed by atoms with van der Waals surface area (Å²) in [5.41, 5.74) is 6.34. The Morgan fingerprint density at radius 2 is 2.06 bits per heavy atom. The van der Waals surface area contributed by atoms with Crippen LogP contribution in [0.25, 0.3) is 11.2 Å². The molecule has 0 atom stereocenters. The highest BCUT2D eigenvalue weighted by Crippen LogP contribution is 2.39. The quantitative estimate of drug-likeness (QED) is 0.451. The Balaban J connectivity index is 1.13. The van der Waals surface area contributed by atoms with Crippen LogP contribution in [0.15, 0.2) is 55.4 Å². The topological polar surface area (TPSA) is 94.4 Å². The van der Waals surface area contributed by atoms with Crippen LogP contribution >= 0.6 is 0 Å². The Morgan fingerprint density at radius 3 is 2.94 bits per heavy atom. The van der Waals surface area contributed by atoms with Crippen molar-refractivity contribution in [2.75, 3.05) is 0 Å². The van der Waals surface area contributed by atoms with Gasteiger partial charge in [0.25, 0.3) is 5.91 Å².